The maximum atomic E-state index is 13.5. The highest BCUT2D eigenvalue weighted by molar-refractivity contribution is 5.86. The van der Waals surface area contributed by atoms with Gasteiger partial charge in [-0.2, -0.15) is 0 Å². The predicted molar refractivity (Wildman–Crippen MR) is 123 cm³/mol. The lowest BCUT2D eigenvalue weighted by Gasteiger charge is -2.44. The van der Waals surface area contributed by atoms with Crippen molar-refractivity contribution in [1.82, 2.24) is 0 Å². The van der Waals surface area contributed by atoms with Gasteiger partial charge in [-0.15, -0.1) is 12.3 Å². The molecule has 1 saturated heterocycles. The second-order valence-electron chi connectivity index (χ2n) is 9.76. The quantitative estimate of drug-likeness (QED) is 0.362. The molecule has 0 aromatic rings. The Balaban J connectivity index is 0.00000379. The zero-order chi connectivity index (χ0) is 22.7. The summed E-state index contributed by atoms with van der Waals surface area (Å²) in [6, 6.07) is 0. The fraction of sp³-hybridized carbons (Fsp3) is 0.846. The van der Waals surface area contributed by atoms with E-state index in [9.17, 15) is 9.59 Å². The van der Waals surface area contributed by atoms with Crippen LogP contribution in [0.2, 0.25) is 0 Å². The minimum atomic E-state index is -0.362. The van der Waals surface area contributed by atoms with Crippen molar-refractivity contribution in [1.29, 1.82) is 0 Å². The number of terminal acetylenes is 1. The van der Waals surface area contributed by atoms with Gasteiger partial charge < -0.3 is 9.53 Å². The Labute approximate surface area is 180 Å². The second kappa shape index (κ2) is 13.2. The molecule has 3 unspecified atom stereocenters. The smallest absolute Gasteiger partial charge is 0.141 e. The molecule has 3 atom stereocenters. The van der Waals surface area contributed by atoms with Gasteiger partial charge in [0.05, 0.1) is 5.60 Å². The molecule has 1 rings (SSSR count). The number of carbonyl (C=O) groups is 2. The van der Waals surface area contributed by atoms with Crippen molar-refractivity contribution < 1.29 is 14.3 Å². The van der Waals surface area contributed by atoms with Crippen LogP contribution in [0.5, 0.6) is 0 Å². The Morgan fingerprint density at radius 1 is 1.24 bits per heavy atom. The average molecular weight is 407 g/mol. The Morgan fingerprint density at radius 2 is 1.86 bits per heavy atom. The van der Waals surface area contributed by atoms with Crippen molar-refractivity contribution in [3.05, 3.63) is 0 Å². The average Bonchev–Trinajstić information content (AvgIpc) is 2.65. The van der Waals surface area contributed by atoms with Crippen molar-refractivity contribution in [3.8, 4) is 12.3 Å². The van der Waals surface area contributed by atoms with E-state index in [0.717, 1.165) is 45.1 Å². The highest BCUT2D eigenvalue weighted by Gasteiger charge is 2.44. The van der Waals surface area contributed by atoms with Crippen LogP contribution < -0.4 is 0 Å². The van der Waals surface area contributed by atoms with Crippen LogP contribution in [0.3, 0.4) is 0 Å². The standard InChI is InChI=1S/C24H40O3.C2H6/c1-8-9-13-20(16-18(2)11-10-12-19(3)25)22(26)24(6,7)21-14-15-27-23(4,5)17-21;1-2/h1,18,20-21H,9-17H2,2-7H3;1-2H3. The molecule has 29 heavy (non-hydrogen) atoms. The number of Topliss-reactive ketones (excluding diaryl/α,β-unsaturated/α-hetero) is 2. The van der Waals surface area contributed by atoms with E-state index < -0.39 is 0 Å². The van der Waals surface area contributed by atoms with Gasteiger partial charge in [0.15, 0.2) is 0 Å². The first-order chi connectivity index (χ1) is 13.5. The molecule has 1 aliphatic heterocycles. The molecule has 3 heteroatoms. The van der Waals surface area contributed by atoms with E-state index in [2.05, 4.69) is 40.5 Å². The maximum Gasteiger partial charge on any atom is 0.141 e. The Hall–Kier alpha value is -1.14. The van der Waals surface area contributed by atoms with Gasteiger partial charge in [0.2, 0.25) is 0 Å². The highest BCUT2D eigenvalue weighted by Crippen LogP contribution is 2.43. The van der Waals surface area contributed by atoms with E-state index >= 15 is 0 Å². The van der Waals surface area contributed by atoms with Crippen LogP contribution in [0.25, 0.3) is 0 Å². The van der Waals surface area contributed by atoms with Crippen LogP contribution in [0.1, 0.15) is 107 Å². The summed E-state index contributed by atoms with van der Waals surface area (Å²) >= 11 is 0. The molecule has 0 aromatic heterocycles. The number of hydrogen-bond acceptors (Lipinski definition) is 3. The second-order valence-corrected chi connectivity index (χ2v) is 9.76. The Kier molecular flexibility index (Phi) is 12.7. The molecule has 1 fully saturated rings. The lowest BCUT2D eigenvalue weighted by Crippen LogP contribution is -2.45. The van der Waals surface area contributed by atoms with Gasteiger partial charge >= 0.3 is 0 Å². The first kappa shape index (κ1) is 27.9. The summed E-state index contributed by atoms with van der Waals surface area (Å²) < 4.78 is 5.86. The highest BCUT2D eigenvalue weighted by atomic mass is 16.5. The van der Waals surface area contributed by atoms with Crippen molar-refractivity contribution >= 4 is 11.6 Å². The van der Waals surface area contributed by atoms with Gasteiger partial charge in [0, 0.05) is 30.8 Å². The summed E-state index contributed by atoms with van der Waals surface area (Å²) in [7, 11) is 0. The Bertz CT molecular complexity index is 539. The Morgan fingerprint density at radius 3 is 2.38 bits per heavy atom. The molecule has 0 aromatic carbocycles. The monoisotopic (exact) mass is 406 g/mol. The van der Waals surface area contributed by atoms with Gasteiger partial charge in [0.1, 0.15) is 11.6 Å². The molecule has 0 bridgehead atoms. The van der Waals surface area contributed by atoms with Crippen LogP contribution in [0.15, 0.2) is 0 Å². The minimum absolute atomic E-state index is 0.00864. The fourth-order valence-corrected chi connectivity index (χ4v) is 4.49. The van der Waals surface area contributed by atoms with E-state index in [1.165, 1.54) is 0 Å². The first-order valence-electron chi connectivity index (χ1n) is 11.6. The summed E-state index contributed by atoms with van der Waals surface area (Å²) in [5.74, 6) is 4.09. The molecule has 1 heterocycles. The molecule has 1 aliphatic rings. The number of ketones is 2. The summed E-state index contributed by atoms with van der Waals surface area (Å²) in [4.78, 5) is 24.7. The molecule has 0 spiro atoms. The number of carbonyl (C=O) groups excluding carboxylic acids is 2. The van der Waals surface area contributed by atoms with Crippen molar-refractivity contribution in [2.75, 3.05) is 6.61 Å². The van der Waals surface area contributed by atoms with Crippen molar-refractivity contribution in [2.24, 2.45) is 23.2 Å². The number of rotatable bonds is 11. The lowest BCUT2D eigenvalue weighted by molar-refractivity contribution is -0.142. The first-order valence-corrected chi connectivity index (χ1v) is 11.6. The maximum absolute atomic E-state index is 13.5. The van der Waals surface area contributed by atoms with E-state index in [-0.39, 0.29) is 22.7 Å². The van der Waals surface area contributed by atoms with Crippen LogP contribution in [-0.2, 0) is 14.3 Å². The largest absolute Gasteiger partial charge is 0.376 e. The summed E-state index contributed by atoms with van der Waals surface area (Å²) in [6.45, 7) is 17.0. The summed E-state index contributed by atoms with van der Waals surface area (Å²) in [6.07, 6.45) is 12.2. The van der Waals surface area contributed by atoms with Crippen LogP contribution in [0.4, 0.5) is 0 Å². The number of ether oxygens (including phenoxy) is 1. The van der Waals surface area contributed by atoms with E-state index in [0.29, 0.717) is 30.5 Å². The molecule has 168 valence electrons. The van der Waals surface area contributed by atoms with E-state index in [4.69, 9.17) is 11.2 Å². The van der Waals surface area contributed by atoms with Gasteiger partial charge in [-0.1, -0.05) is 41.0 Å². The zero-order valence-corrected chi connectivity index (χ0v) is 20.4. The van der Waals surface area contributed by atoms with Crippen LogP contribution in [-0.4, -0.2) is 23.8 Å². The minimum Gasteiger partial charge on any atom is -0.376 e. The van der Waals surface area contributed by atoms with Gasteiger partial charge in [-0.05, 0) is 64.7 Å². The van der Waals surface area contributed by atoms with Gasteiger partial charge in [-0.25, -0.2) is 0 Å². The normalized spacial score (nSPS) is 20.6. The van der Waals surface area contributed by atoms with Gasteiger partial charge in [-0.3, -0.25) is 4.79 Å². The molecular weight excluding hydrogens is 360 g/mol. The third kappa shape index (κ3) is 9.94. The lowest BCUT2D eigenvalue weighted by atomic mass is 9.65. The third-order valence-electron chi connectivity index (χ3n) is 6.27. The molecule has 0 amide bonds. The van der Waals surface area contributed by atoms with E-state index in [1.807, 2.05) is 13.8 Å². The molecule has 0 radical (unpaired) electrons. The van der Waals surface area contributed by atoms with Crippen molar-refractivity contribution in [2.45, 2.75) is 112 Å². The van der Waals surface area contributed by atoms with Crippen molar-refractivity contribution in [3.63, 3.8) is 0 Å². The SMILES string of the molecule is C#CCCC(CC(C)CCCC(C)=O)C(=O)C(C)(C)C1CCOC(C)(C)C1.CC. The topological polar surface area (TPSA) is 43.4 Å². The molecular formula is C26H46O3. The fourth-order valence-electron chi connectivity index (χ4n) is 4.49. The molecule has 0 N–H and O–H groups in total. The summed E-state index contributed by atoms with van der Waals surface area (Å²) in [5.41, 5.74) is -0.520. The van der Waals surface area contributed by atoms with E-state index in [1.54, 1.807) is 6.92 Å². The molecule has 0 aliphatic carbocycles. The zero-order valence-electron chi connectivity index (χ0n) is 20.4. The third-order valence-corrected chi connectivity index (χ3v) is 6.27. The predicted octanol–water partition coefficient (Wildman–Crippen LogP) is 6.63. The van der Waals surface area contributed by atoms with Crippen LogP contribution in [0, 0.1) is 35.5 Å². The molecule has 0 saturated carbocycles. The number of hydrogen-bond donors (Lipinski definition) is 0. The van der Waals surface area contributed by atoms with Crippen LogP contribution >= 0.6 is 0 Å². The van der Waals surface area contributed by atoms with Gasteiger partial charge in [0.25, 0.3) is 0 Å². The molecule has 3 nitrogen and oxygen atoms in total. The summed E-state index contributed by atoms with van der Waals surface area (Å²) in [5, 5.41) is 0.